The van der Waals surface area contributed by atoms with Gasteiger partial charge >= 0.3 is 6.01 Å². The van der Waals surface area contributed by atoms with Crippen LogP contribution in [0.25, 0.3) is 0 Å². The summed E-state index contributed by atoms with van der Waals surface area (Å²) in [5, 5.41) is 8.91. The van der Waals surface area contributed by atoms with Gasteiger partial charge in [-0.2, -0.15) is 15.0 Å². The summed E-state index contributed by atoms with van der Waals surface area (Å²) in [5.41, 5.74) is 2.37. The average molecular weight is 256 g/mol. The summed E-state index contributed by atoms with van der Waals surface area (Å²) in [6.45, 7) is 4.80. The molecule has 0 aliphatic rings. The zero-order valence-corrected chi connectivity index (χ0v) is 10.9. The van der Waals surface area contributed by atoms with Gasteiger partial charge in [0.15, 0.2) is 0 Å². The first-order valence-corrected chi connectivity index (χ1v) is 5.76. The Morgan fingerprint density at radius 2 is 2.11 bits per heavy atom. The van der Waals surface area contributed by atoms with Crippen molar-refractivity contribution in [3.63, 3.8) is 0 Å². The van der Waals surface area contributed by atoms with Crippen LogP contribution in [0.2, 0.25) is 0 Å². The first-order valence-electron chi connectivity index (χ1n) is 5.76. The maximum atomic E-state index is 8.91. The number of aliphatic hydroxyl groups is 1. The lowest BCUT2D eigenvalue weighted by atomic mass is 10.3. The van der Waals surface area contributed by atoms with Gasteiger partial charge in [-0.3, -0.25) is 5.43 Å². The molecule has 18 heavy (non-hydrogen) atoms. The number of hydrogen-bond acceptors (Lipinski definition) is 8. The molecule has 0 aliphatic carbocycles. The van der Waals surface area contributed by atoms with Gasteiger partial charge in [0.25, 0.3) is 0 Å². The highest BCUT2D eigenvalue weighted by atomic mass is 16.5. The van der Waals surface area contributed by atoms with E-state index in [0.29, 0.717) is 18.9 Å². The lowest BCUT2D eigenvalue weighted by molar-refractivity contribution is 0.288. The molecule has 0 saturated heterocycles. The Bertz CT molecular complexity index is 351. The highest BCUT2D eigenvalue weighted by Gasteiger charge is 2.16. The fourth-order valence-electron chi connectivity index (χ4n) is 1.46. The molecule has 1 rings (SSSR count). The normalized spacial score (nSPS) is 10.6. The van der Waals surface area contributed by atoms with E-state index in [2.05, 4.69) is 20.4 Å². The lowest BCUT2D eigenvalue weighted by Gasteiger charge is -2.26. The highest BCUT2D eigenvalue weighted by Crippen LogP contribution is 2.16. The number of hydrazine groups is 1. The summed E-state index contributed by atoms with van der Waals surface area (Å²) in [5.74, 6) is 6.01. The standard InChI is InChI=1S/C10H20N6O2/c1-7(2)16(5-4-6-17)9-12-8(15-11)13-10(14-9)18-3/h7,17H,4-6,11H2,1-3H3,(H,12,13,14,15). The van der Waals surface area contributed by atoms with E-state index < -0.39 is 0 Å². The number of rotatable bonds is 7. The van der Waals surface area contributed by atoms with Crippen LogP contribution in [0.3, 0.4) is 0 Å². The molecule has 0 saturated carbocycles. The quantitative estimate of drug-likeness (QED) is 0.453. The van der Waals surface area contributed by atoms with E-state index in [-0.39, 0.29) is 24.6 Å². The Morgan fingerprint density at radius 1 is 1.39 bits per heavy atom. The van der Waals surface area contributed by atoms with Crippen LogP contribution in [0.15, 0.2) is 0 Å². The number of ether oxygens (including phenoxy) is 1. The zero-order valence-electron chi connectivity index (χ0n) is 10.9. The van der Waals surface area contributed by atoms with E-state index in [4.69, 9.17) is 15.7 Å². The molecule has 0 unspecified atom stereocenters. The van der Waals surface area contributed by atoms with E-state index in [1.807, 2.05) is 18.7 Å². The zero-order chi connectivity index (χ0) is 13.5. The van der Waals surface area contributed by atoms with Crippen LogP contribution in [0, 0.1) is 0 Å². The number of hydrogen-bond donors (Lipinski definition) is 3. The molecule has 8 nitrogen and oxygen atoms in total. The number of nitrogens with one attached hydrogen (secondary N) is 1. The molecule has 0 bridgehead atoms. The lowest BCUT2D eigenvalue weighted by Crippen LogP contribution is -2.34. The molecule has 4 N–H and O–H groups in total. The number of nitrogen functional groups attached to an aromatic ring is 1. The van der Waals surface area contributed by atoms with Crippen LogP contribution in [0.4, 0.5) is 11.9 Å². The fraction of sp³-hybridized carbons (Fsp3) is 0.700. The van der Waals surface area contributed by atoms with Gasteiger partial charge in [0.1, 0.15) is 0 Å². The van der Waals surface area contributed by atoms with Crippen LogP contribution in [0.1, 0.15) is 20.3 Å². The molecular formula is C10H20N6O2. The van der Waals surface area contributed by atoms with Crippen molar-refractivity contribution in [3.8, 4) is 6.01 Å². The minimum atomic E-state index is 0.118. The molecule has 0 atom stereocenters. The van der Waals surface area contributed by atoms with Crippen LogP contribution in [0.5, 0.6) is 6.01 Å². The largest absolute Gasteiger partial charge is 0.467 e. The van der Waals surface area contributed by atoms with Gasteiger partial charge in [-0.25, -0.2) is 5.84 Å². The van der Waals surface area contributed by atoms with E-state index in [9.17, 15) is 0 Å². The predicted octanol–water partition coefficient (Wildman–Crippen LogP) is -0.237. The number of nitrogens with zero attached hydrogens (tertiary/aromatic N) is 4. The first kappa shape index (κ1) is 14.4. The second-order valence-electron chi connectivity index (χ2n) is 3.95. The molecule has 102 valence electrons. The summed E-state index contributed by atoms with van der Waals surface area (Å²) in [6.07, 6.45) is 0.636. The number of aliphatic hydroxyl groups excluding tert-OH is 1. The van der Waals surface area contributed by atoms with Crippen molar-refractivity contribution in [1.29, 1.82) is 0 Å². The molecule has 0 aromatic carbocycles. The Balaban J connectivity index is 3.02. The van der Waals surface area contributed by atoms with Gasteiger partial charge in [-0.1, -0.05) is 0 Å². The van der Waals surface area contributed by atoms with Gasteiger partial charge in [-0.05, 0) is 20.3 Å². The monoisotopic (exact) mass is 256 g/mol. The van der Waals surface area contributed by atoms with Crippen molar-refractivity contribution in [2.45, 2.75) is 26.3 Å². The second kappa shape index (κ2) is 6.92. The Kier molecular flexibility index (Phi) is 5.53. The number of methoxy groups -OCH3 is 1. The highest BCUT2D eigenvalue weighted by molar-refractivity contribution is 5.38. The topological polar surface area (TPSA) is 109 Å². The molecule has 0 aliphatic heterocycles. The SMILES string of the molecule is COc1nc(NN)nc(N(CCCO)C(C)C)n1. The van der Waals surface area contributed by atoms with E-state index in [0.717, 1.165) is 0 Å². The third kappa shape index (κ3) is 3.67. The molecule has 1 aromatic rings. The van der Waals surface area contributed by atoms with Crippen LogP contribution >= 0.6 is 0 Å². The average Bonchev–Trinajstić information content (AvgIpc) is 2.38. The summed E-state index contributed by atoms with van der Waals surface area (Å²) < 4.78 is 5.00. The Labute approximate surface area is 106 Å². The van der Waals surface area contributed by atoms with Crippen molar-refractivity contribution in [2.24, 2.45) is 5.84 Å². The number of aromatic nitrogens is 3. The third-order valence-electron chi connectivity index (χ3n) is 2.35. The van der Waals surface area contributed by atoms with E-state index in [1.165, 1.54) is 7.11 Å². The molecule has 0 spiro atoms. The molecular weight excluding hydrogens is 236 g/mol. The van der Waals surface area contributed by atoms with Gasteiger partial charge in [0, 0.05) is 19.2 Å². The number of anilines is 2. The van der Waals surface area contributed by atoms with Gasteiger partial charge in [0.2, 0.25) is 11.9 Å². The van der Waals surface area contributed by atoms with Gasteiger partial charge in [-0.15, -0.1) is 0 Å². The summed E-state index contributed by atoms with van der Waals surface area (Å²) in [7, 11) is 1.48. The van der Waals surface area contributed by atoms with Crippen LogP contribution in [-0.4, -0.2) is 46.4 Å². The van der Waals surface area contributed by atoms with Crippen LogP contribution in [-0.2, 0) is 0 Å². The summed E-state index contributed by atoms with van der Waals surface area (Å²) >= 11 is 0. The minimum absolute atomic E-state index is 0.118. The fourth-order valence-corrected chi connectivity index (χ4v) is 1.46. The van der Waals surface area contributed by atoms with E-state index >= 15 is 0 Å². The van der Waals surface area contributed by atoms with Gasteiger partial charge in [0.05, 0.1) is 7.11 Å². The Morgan fingerprint density at radius 3 is 2.61 bits per heavy atom. The van der Waals surface area contributed by atoms with Crippen molar-refractivity contribution in [2.75, 3.05) is 30.6 Å². The predicted molar refractivity (Wildman–Crippen MR) is 68.4 cm³/mol. The summed E-state index contributed by atoms with van der Waals surface area (Å²) in [6, 6.07) is 0.386. The molecule has 1 aromatic heterocycles. The second-order valence-corrected chi connectivity index (χ2v) is 3.95. The van der Waals surface area contributed by atoms with Gasteiger partial charge < -0.3 is 14.7 Å². The van der Waals surface area contributed by atoms with Crippen molar-refractivity contribution in [3.05, 3.63) is 0 Å². The smallest absolute Gasteiger partial charge is 0.322 e. The van der Waals surface area contributed by atoms with Crippen LogP contribution < -0.4 is 20.9 Å². The van der Waals surface area contributed by atoms with Crippen molar-refractivity contribution in [1.82, 2.24) is 15.0 Å². The molecule has 8 heteroatoms. The van der Waals surface area contributed by atoms with Crippen molar-refractivity contribution >= 4 is 11.9 Å². The summed E-state index contributed by atoms with van der Waals surface area (Å²) in [4.78, 5) is 14.2. The molecule has 0 amide bonds. The number of nitrogens with two attached hydrogens (primary N) is 1. The molecule has 0 radical (unpaired) electrons. The third-order valence-corrected chi connectivity index (χ3v) is 2.35. The Hall–Kier alpha value is -1.67. The minimum Gasteiger partial charge on any atom is -0.467 e. The molecule has 1 heterocycles. The first-order chi connectivity index (χ1) is 8.62. The maximum absolute atomic E-state index is 8.91. The van der Waals surface area contributed by atoms with Crippen molar-refractivity contribution < 1.29 is 9.84 Å². The molecule has 0 fully saturated rings. The van der Waals surface area contributed by atoms with E-state index in [1.54, 1.807) is 0 Å². The maximum Gasteiger partial charge on any atom is 0.322 e.